The van der Waals surface area contributed by atoms with Gasteiger partial charge in [0.15, 0.2) is 0 Å². The van der Waals surface area contributed by atoms with E-state index in [-0.39, 0.29) is 18.8 Å². The molecule has 122 valence electrons. The number of halogens is 4. The Labute approximate surface area is 138 Å². The Morgan fingerprint density at radius 3 is 2.09 bits per heavy atom. The van der Waals surface area contributed by atoms with Crippen LogP contribution in [0.3, 0.4) is 0 Å². The molecule has 3 aromatic rings. The molecule has 0 radical (unpaired) electrons. The van der Waals surface area contributed by atoms with Crippen LogP contribution in [0.4, 0.5) is 13.2 Å². The molecule has 5 heteroatoms. The van der Waals surface area contributed by atoms with Crippen LogP contribution in [0.25, 0.3) is 21.5 Å². The van der Waals surface area contributed by atoms with Crippen molar-refractivity contribution in [2.75, 3.05) is 0 Å². The van der Waals surface area contributed by atoms with E-state index in [1.165, 1.54) is 0 Å². The average Bonchev–Trinajstić information content (AvgIpc) is 2.51. The summed E-state index contributed by atoms with van der Waals surface area (Å²) in [6.45, 7) is 0. The van der Waals surface area contributed by atoms with Crippen molar-refractivity contribution in [1.29, 1.82) is 0 Å². The zero-order valence-corrected chi connectivity index (χ0v) is 13.1. The second-order valence-corrected chi connectivity index (χ2v) is 5.49. The summed E-state index contributed by atoms with van der Waals surface area (Å²) in [6, 6.07) is 16.9. The molecular formula is C18H17ClF3N. The van der Waals surface area contributed by atoms with E-state index in [0.717, 1.165) is 27.1 Å². The summed E-state index contributed by atoms with van der Waals surface area (Å²) in [7, 11) is 0. The Morgan fingerprint density at radius 2 is 1.43 bits per heavy atom. The van der Waals surface area contributed by atoms with Crippen LogP contribution < -0.4 is 5.73 Å². The smallest absolute Gasteiger partial charge is 0.324 e. The number of benzene rings is 3. The summed E-state index contributed by atoms with van der Waals surface area (Å²) in [4.78, 5) is 0. The van der Waals surface area contributed by atoms with Crippen LogP contribution in [0.1, 0.15) is 24.4 Å². The fourth-order valence-electron chi connectivity index (χ4n) is 2.86. The van der Waals surface area contributed by atoms with Crippen LogP contribution >= 0.6 is 12.4 Å². The first-order valence-corrected chi connectivity index (χ1v) is 7.18. The zero-order chi connectivity index (χ0) is 15.7. The molecule has 3 rings (SSSR count). The van der Waals surface area contributed by atoms with Crippen molar-refractivity contribution in [3.8, 4) is 0 Å². The second-order valence-electron chi connectivity index (χ2n) is 5.49. The van der Waals surface area contributed by atoms with Gasteiger partial charge in [0.2, 0.25) is 0 Å². The highest BCUT2D eigenvalue weighted by atomic mass is 35.5. The quantitative estimate of drug-likeness (QED) is 0.603. The lowest BCUT2D eigenvalue weighted by Gasteiger charge is -2.17. The lowest BCUT2D eigenvalue weighted by atomic mass is 9.92. The highest BCUT2D eigenvalue weighted by Crippen LogP contribution is 2.34. The predicted molar refractivity (Wildman–Crippen MR) is 90.9 cm³/mol. The van der Waals surface area contributed by atoms with E-state index < -0.39 is 18.6 Å². The van der Waals surface area contributed by atoms with Gasteiger partial charge < -0.3 is 5.73 Å². The monoisotopic (exact) mass is 339 g/mol. The van der Waals surface area contributed by atoms with Crippen LogP contribution in [0.15, 0.2) is 54.6 Å². The van der Waals surface area contributed by atoms with E-state index in [1.54, 1.807) is 0 Å². The molecule has 0 aromatic heterocycles. The van der Waals surface area contributed by atoms with Crippen molar-refractivity contribution in [2.45, 2.75) is 25.1 Å². The number of hydrogen-bond acceptors (Lipinski definition) is 1. The van der Waals surface area contributed by atoms with Crippen molar-refractivity contribution in [1.82, 2.24) is 0 Å². The van der Waals surface area contributed by atoms with Gasteiger partial charge in [0.25, 0.3) is 0 Å². The SMILES string of the molecule is Cl.N[C@@H](CCC(F)(F)F)c1cc2ccccc2c2ccccc12. The van der Waals surface area contributed by atoms with Gasteiger partial charge in [-0.25, -0.2) is 0 Å². The Kier molecular flexibility index (Phi) is 5.17. The molecule has 0 fully saturated rings. The summed E-state index contributed by atoms with van der Waals surface area (Å²) in [5, 5.41) is 4.04. The zero-order valence-electron chi connectivity index (χ0n) is 12.3. The Bertz CT molecular complexity index is 814. The molecule has 1 atom stereocenters. The molecule has 0 aliphatic rings. The van der Waals surface area contributed by atoms with Gasteiger partial charge in [-0.15, -0.1) is 12.4 Å². The van der Waals surface area contributed by atoms with E-state index in [2.05, 4.69) is 0 Å². The average molecular weight is 340 g/mol. The minimum absolute atomic E-state index is 0. The van der Waals surface area contributed by atoms with Crippen LogP contribution in [0.5, 0.6) is 0 Å². The molecule has 0 aliphatic heterocycles. The highest BCUT2D eigenvalue weighted by molar-refractivity contribution is 6.09. The standard InChI is InChI=1S/C18H16F3N.ClH/c19-18(20,21)10-9-17(22)16-11-12-5-1-2-6-13(12)14-7-3-4-8-15(14)16;/h1-8,11,17H,9-10,22H2;1H/t17-;/m0./s1. The van der Waals surface area contributed by atoms with Gasteiger partial charge in [-0.1, -0.05) is 48.5 Å². The molecule has 0 bridgehead atoms. The maximum absolute atomic E-state index is 12.4. The van der Waals surface area contributed by atoms with Gasteiger partial charge in [-0.3, -0.25) is 0 Å². The number of fused-ring (bicyclic) bond motifs is 3. The molecule has 2 N–H and O–H groups in total. The minimum atomic E-state index is -4.18. The van der Waals surface area contributed by atoms with E-state index >= 15 is 0 Å². The van der Waals surface area contributed by atoms with Crippen LogP contribution in [0, 0.1) is 0 Å². The molecule has 0 unspecified atom stereocenters. The van der Waals surface area contributed by atoms with E-state index in [0.29, 0.717) is 0 Å². The summed E-state index contributed by atoms with van der Waals surface area (Å²) in [6.07, 6.45) is -5.15. The third-order valence-corrected chi connectivity index (χ3v) is 3.94. The molecule has 0 saturated heterocycles. The largest absolute Gasteiger partial charge is 0.389 e. The molecule has 3 aromatic carbocycles. The fraction of sp³-hybridized carbons (Fsp3) is 0.222. The van der Waals surface area contributed by atoms with E-state index in [4.69, 9.17) is 5.73 Å². The van der Waals surface area contributed by atoms with Crippen molar-refractivity contribution in [2.24, 2.45) is 5.73 Å². The maximum Gasteiger partial charge on any atom is 0.389 e. The topological polar surface area (TPSA) is 26.0 Å². The Balaban J connectivity index is 0.00000192. The Hall–Kier alpha value is -1.78. The molecule has 0 aliphatic carbocycles. The lowest BCUT2D eigenvalue weighted by molar-refractivity contribution is -0.136. The number of alkyl halides is 3. The summed E-state index contributed by atoms with van der Waals surface area (Å²) in [5.74, 6) is 0. The third-order valence-electron chi connectivity index (χ3n) is 3.94. The van der Waals surface area contributed by atoms with Gasteiger partial charge in [0, 0.05) is 12.5 Å². The molecule has 23 heavy (non-hydrogen) atoms. The third kappa shape index (κ3) is 3.77. The first kappa shape index (κ1) is 17.6. The summed E-state index contributed by atoms with van der Waals surface area (Å²) < 4.78 is 37.3. The molecule has 1 nitrogen and oxygen atoms in total. The second kappa shape index (κ2) is 6.77. The van der Waals surface area contributed by atoms with Crippen molar-refractivity contribution in [3.05, 3.63) is 60.2 Å². The lowest BCUT2D eigenvalue weighted by Crippen LogP contribution is -2.16. The van der Waals surface area contributed by atoms with Gasteiger partial charge >= 0.3 is 6.18 Å². The van der Waals surface area contributed by atoms with Crippen molar-refractivity contribution in [3.63, 3.8) is 0 Å². The van der Waals surface area contributed by atoms with Crippen LogP contribution in [-0.4, -0.2) is 6.18 Å². The van der Waals surface area contributed by atoms with Gasteiger partial charge in [-0.2, -0.15) is 13.2 Å². The number of nitrogens with two attached hydrogens (primary N) is 1. The van der Waals surface area contributed by atoms with E-state index in [1.807, 2.05) is 54.6 Å². The fourth-order valence-corrected chi connectivity index (χ4v) is 2.86. The molecule has 0 saturated carbocycles. The van der Waals surface area contributed by atoms with Gasteiger partial charge in [0.1, 0.15) is 0 Å². The van der Waals surface area contributed by atoms with Crippen LogP contribution in [-0.2, 0) is 0 Å². The normalized spacial score (nSPS) is 13.0. The predicted octanol–water partition coefficient (Wildman–Crippen LogP) is 5.76. The first-order valence-electron chi connectivity index (χ1n) is 7.18. The van der Waals surface area contributed by atoms with Crippen molar-refractivity contribution >= 4 is 34.0 Å². The molecule has 0 spiro atoms. The molecule has 0 heterocycles. The number of hydrogen-bond donors (Lipinski definition) is 1. The van der Waals surface area contributed by atoms with Crippen molar-refractivity contribution < 1.29 is 13.2 Å². The van der Waals surface area contributed by atoms with E-state index in [9.17, 15) is 13.2 Å². The molecular weight excluding hydrogens is 323 g/mol. The maximum atomic E-state index is 12.4. The summed E-state index contributed by atoms with van der Waals surface area (Å²) >= 11 is 0. The van der Waals surface area contributed by atoms with Gasteiger partial charge in [-0.05, 0) is 39.6 Å². The minimum Gasteiger partial charge on any atom is -0.324 e. The highest BCUT2D eigenvalue weighted by Gasteiger charge is 2.28. The number of rotatable bonds is 3. The molecule has 0 amide bonds. The summed E-state index contributed by atoms with van der Waals surface area (Å²) in [5.41, 5.74) is 6.84. The Morgan fingerprint density at radius 1 is 0.870 bits per heavy atom. The van der Waals surface area contributed by atoms with Gasteiger partial charge in [0.05, 0.1) is 0 Å². The first-order chi connectivity index (χ1) is 10.5. The van der Waals surface area contributed by atoms with Crippen LogP contribution in [0.2, 0.25) is 0 Å².